The average Bonchev–Trinajstić information content (AvgIpc) is 2.66. The highest BCUT2D eigenvalue weighted by Gasteiger charge is 2.20. The Kier molecular flexibility index (Phi) is 3.21. The number of nitrogen functional groups attached to an aromatic ring is 1. The lowest BCUT2D eigenvalue weighted by molar-refractivity contribution is 0.374. The lowest BCUT2D eigenvalue weighted by atomic mass is 10.0. The van der Waals surface area contributed by atoms with Gasteiger partial charge in [0.05, 0.1) is 13.3 Å². The number of benzene rings is 1. The van der Waals surface area contributed by atoms with Crippen LogP contribution in [0.3, 0.4) is 0 Å². The third kappa shape index (κ3) is 1.82. The highest BCUT2D eigenvalue weighted by atomic mass is 79.9. The minimum Gasteiger partial charge on any atom is -0.504 e. The predicted molar refractivity (Wildman–Crippen MR) is 73.7 cm³/mol. The van der Waals surface area contributed by atoms with Gasteiger partial charge >= 0.3 is 0 Å². The number of nitrogens with zero attached hydrogens (tertiary/aromatic N) is 2. The molecule has 0 spiro atoms. The molecule has 0 bridgehead atoms. The third-order valence-electron chi connectivity index (χ3n) is 2.86. The molecule has 1 heterocycles. The molecule has 0 fully saturated rings. The quantitative estimate of drug-likeness (QED) is 0.893. The van der Waals surface area contributed by atoms with Crippen LogP contribution in [0.1, 0.15) is 5.56 Å². The Labute approximate surface area is 113 Å². The van der Waals surface area contributed by atoms with Gasteiger partial charge in [-0.15, -0.1) is 0 Å². The topological polar surface area (TPSA) is 73.3 Å². The molecule has 0 amide bonds. The van der Waals surface area contributed by atoms with Crippen molar-refractivity contribution in [2.24, 2.45) is 7.05 Å². The lowest BCUT2D eigenvalue weighted by Crippen LogP contribution is -1.99. The van der Waals surface area contributed by atoms with Crippen molar-refractivity contribution in [1.29, 1.82) is 0 Å². The Morgan fingerprint density at radius 3 is 2.67 bits per heavy atom. The van der Waals surface area contributed by atoms with Gasteiger partial charge in [-0.2, -0.15) is 5.10 Å². The van der Waals surface area contributed by atoms with E-state index in [2.05, 4.69) is 21.0 Å². The molecule has 0 unspecified atom stereocenters. The van der Waals surface area contributed by atoms with E-state index in [4.69, 9.17) is 10.5 Å². The largest absolute Gasteiger partial charge is 0.504 e. The number of ether oxygens (including phenoxy) is 1. The van der Waals surface area contributed by atoms with Crippen LogP contribution in [0.15, 0.2) is 16.7 Å². The van der Waals surface area contributed by atoms with E-state index in [1.807, 2.05) is 6.92 Å². The number of nitrogens with two attached hydrogens (primary N) is 1. The zero-order valence-electron chi connectivity index (χ0n) is 10.4. The van der Waals surface area contributed by atoms with Gasteiger partial charge in [-0.1, -0.05) is 0 Å². The van der Waals surface area contributed by atoms with E-state index in [0.29, 0.717) is 22.7 Å². The molecule has 5 nitrogen and oxygen atoms in total. The van der Waals surface area contributed by atoms with Crippen LogP contribution in [0.25, 0.3) is 11.1 Å². The molecule has 0 saturated heterocycles. The van der Waals surface area contributed by atoms with Crippen LogP contribution in [0.5, 0.6) is 11.5 Å². The van der Waals surface area contributed by atoms with E-state index >= 15 is 0 Å². The molecule has 1 aromatic carbocycles. The average molecular weight is 312 g/mol. The van der Waals surface area contributed by atoms with Crippen molar-refractivity contribution < 1.29 is 9.84 Å². The highest BCUT2D eigenvalue weighted by Crippen LogP contribution is 2.45. The smallest absolute Gasteiger partial charge is 0.167 e. The van der Waals surface area contributed by atoms with E-state index < -0.39 is 0 Å². The van der Waals surface area contributed by atoms with Gasteiger partial charge < -0.3 is 15.6 Å². The molecular formula is C12H14BrN3O2. The van der Waals surface area contributed by atoms with Gasteiger partial charge in [-0.3, -0.25) is 4.68 Å². The molecule has 6 heteroatoms. The molecule has 2 rings (SSSR count). The van der Waals surface area contributed by atoms with Crippen molar-refractivity contribution in [2.75, 3.05) is 12.8 Å². The Morgan fingerprint density at radius 2 is 2.17 bits per heavy atom. The van der Waals surface area contributed by atoms with Gasteiger partial charge in [0, 0.05) is 22.6 Å². The fourth-order valence-electron chi connectivity index (χ4n) is 1.79. The number of methoxy groups -OCH3 is 1. The third-order valence-corrected chi connectivity index (χ3v) is 3.88. The molecule has 0 atom stereocenters. The summed E-state index contributed by atoms with van der Waals surface area (Å²) in [5.74, 6) is 0.947. The molecule has 2 aromatic rings. The Balaban J connectivity index is 2.78. The number of anilines is 1. The van der Waals surface area contributed by atoms with Gasteiger partial charge in [0.1, 0.15) is 5.82 Å². The minimum atomic E-state index is 0.0506. The van der Waals surface area contributed by atoms with E-state index in [-0.39, 0.29) is 5.75 Å². The number of halogens is 1. The summed E-state index contributed by atoms with van der Waals surface area (Å²) in [6, 6.07) is 1.76. The Bertz CT molecular complexity index is 608. The van der Waals surface area contributed by atoms with Crippen molar-refractivity contribution >= 4 is 21.7 Å². The summed E-state index contributed by atoms with van der Waals surface area (Å²) in [6.45, 7) is 1.92. The Hall–Kier alpha value is -1.69. The number of phenols is 1. The van der Waals surface area contributed by atoms with Crippen LogP contribution in [0.4, 0.5) is 5.82 Å². The first kappa shape index (κ1) is 12.8. The summed E-state index contributed by atoms with van der Waals surface area (Å²) in [5, 5.41) is 14.3. The normalized spacial score (nSPS) is 10.7. The fourth-order valence-corrected chi connectivity index (χ4v) is 2.31. The summed E-state index contributed by atoms with van der Waals surface area (Å²) in [5.41, 5.74) is 8.15. The number of rotatable bonds is 2. The molecule has 0 radical (unpaired) electrons. The second-order valence-corrected chi connectivity index (χ2v) is 4.79. The molecule has 1 aromatic heterocycles. The molecule has 0 aliphatic carbocycles. The monoisotopic (exact) mass is 311 g/mol. The minimum absolute atomic E-state index is 0.0506. The molecule has 0 aliphatic heterocycles. The van der Waals surface area contributed by atoms with Crippen LogP contribution in [-0.4, -0.2) is 22.0 Å². The Morgan fingerprint density at radius 1 is 1.50 bits per heavy atom. The maximum Gasteiger partial charge on any atom is 0.167 e. The van der Waals surface area contributed by atoms with Crippen LogP contribution in [0, 0.1) is 6.92 Å². The van der Waals surface area contributed by atoms with Crippen molar-refractivity contribution in [3.8, 4) is 22.6 Å². The van der Waals surface area contributed by atoms with Crippen molar-refractivity contribution in [3.05, 3.63) is 22.3 Å². The van der Waals surface area contributed by atoms with Gasteiger partial charge in [0.25, 0.3) is 0 Å². The predicted octanol–water partition coefficient (Wildman–Crippen LogP) is 2.45. The number of aromatic nitrogens is 2. The number of aryl methyl sites for hydroxylation is 2. The second-order valence-electron chi connectivity index (χ2n) is 4.00. The van der Waals surface area contributed by atoms with Crippen LogP contribution < -0.4 is 10.5 Å². The van der Waals surface area contributed by atoms with E-state index in [0.717, 1.165) is 10.0 Å². The van der Waals surface area contributed by atoms with E-state index in [9.17, 15) is 5.11 Å². The number of aromatic hydroxyl groups is 1. The number of phenolic OH excluding ortho intramolecular Hbond substituents is 1. The van der Waals surface area contributed by atoms with Crippen molar-refractivity contribution in [3.63, 3.8) is 0 Å². The molecule has 0 saturated carbocycles. The lowest BCUT2D eigenvalue weighted by Gasteiger charge is -2.13. The molecule has 18 heavy (non-hydrogen) atoms. The van der Waals surface area contributed by atoms with Crippen LogP contribution in [-0.2, 0) is 7.05 Å². The maximum atomic E-state index is 10.2. The summed E-state index contributed by atoms with van der Waals surface area (Å²) in [6.07, 6.45) is 1.62. The van der Waals surface area contributed by atoms with Crippen LogP contribution in [0.2, 0.25) is 0 Å². The van der Waals surface area contributed by atoms with Gasteiger partial charge in [0.2, 0.25) is 0 Å². The highest BCUT2D eigenvalue weighted by molar-refractivity contribution is 9.10. The summed E-state index contributed by atoms with van der Waals surface area (Å²) in [7, 11) is 3.26. The molecule has 0 aliphatic rings. The van der Waals surface area contributed by atoms with Crippen molar-refractivity contribution in [2.45, 2.75) is 6.92 Å². The van der Waals surface area contributed by atoms with E-state index in [1.54, 1.807) is 24.0 Å². The molecule has 3 N–H and O–H groups in total. The fraction of sp³-hybridized carbons (Fsp3) is 0.250. The van der Waals surface area contributed by atoms with Crippen LogP contribution >= 0.6 is 15.9 Å². The maximum absolute atomic E-state index is 10.2. The first-order chi connectivity index (χ1) is 8.47. The zero-order chi connectivity index (χ0) is 13.4. The van der Waals surface area contributed by atoms with Crippen molar-refractivity contribution in [1.82, 2.24) is 9.78 Å². The standard InChI is InChI=1S/C12H14BrN3O2/c1-6-4-8(18-3)11(17)9(10(6)13)7-5-15-16(2)12(7)14/h4-5,17H,14H2,1-3H3. The van der Waals surface area contributed by atoms with Gasteiger partial charge in [-0.25, -0.2) is 0 Å². The first-order valence-electron chi connectivity index (χ1n) is 5.31. The van der Waals surface area contributed by atoms with E-state index in [1.165, 1.54) is 7.11 Å². The summed E-state index contributed by atoms with van der Waals surface area (Å²) >= 11 is 3.47. The SMILES string of the molecule is COc1cc(C)c(Br)c(-c2cnn(C)c2N)c1O. The second kappa shape index (κ2) is 4.53. The summed E-state index contributed by atoms with van der Waals surface area (Å²) < 4.78 is 7.48. The van der Waals surface area contributed by atoms with Gasteiger partial charge in [0.15, 0.2) is 11.5 Å². The molecular weight excluding hydrogens is 298 g/mol. The first-order valence-corrected chi connectivity index (χ1v) is 6.10. The summed E-state index contributed by atoms with van der Waals surface area (Å²) in [4.78, 5) is 0. The number of hydrogen-bond donors (Lipinski definition) is 2. The molecule has 96 valence electrons. The zero-order valence-corrected chi connectivity index (χ0v) is 11.9. The number of hydrogen-bond acceptors (Lipinski definition) is 4. The van der Waals surface area contributed by atoms with Gasteiger partial charge in [-0.05, 0) is 34.5 Å².